The molecule has 0 bridgehead atoms. The largest absolute Gasteiger partial charge is 0.398 e. The lowest BCUT2D eigenvalue weighted by Gasteiger charge is -2.11. The molecule has 108 valence electrons. The summed E-state index contributed by atoms with van der Waals surface area (Å²) in [5.74, 6) is 0. The van der Waals surface area contributed by atoms with Gasteiger partial charge in [0.25, 0.3) is 0 Å². The van der Waals surface area contributed by atoms with Crippen molar-refractivity contribution in [3.63, 3.8) is 0 Å². The molecule has 0 saturated carbocycles. The van der Waals surface area contributed by atoms with E-state index in [9.17, 15) is 8.42 Å². The average molecular weight is 295 g/mol. The van der Waals surface area contributed by atoms with Crippen molar-refractivity contribution in [2.24, 2.45) is 0 Å². The number of hydrogen-bond acceptors (Lipinski definition) is 5. The van der Waals surface area contributed by atoms with Crippen LogP contribution in [0.3, 0.4) is 0 Å². The van der Waals surface area contributed by atoms with Gasteiger partial charge < -0.3 is 5.73 Å². The Morgan fingerprint density at radius 2 is 2.20 bits per heavy atom. The fourth-order valence-corrected chi connectivity index (χ4v) is 3.34. The number of nitrogens with two attached hydrogens (primary N) is 1. The van der Waals surface area contributed by atoms with Gasteiger partial charge in [0, 0.05) is 19.3 Å². The normalized spacial score (nSPS) is 11.7. The maximum atomic E-state index is 12.2. The summed E-state index contributed by atoms with van der Waals surface area (Å²) in [6, 6.07) is 5.03. The molecule has 0 atom stereocenters. The minimum absolute atomic E-state index is 0.153. The monoisotopic (exact) mass is 295 g/mol. The summed E-state index contributed by atoms with van der Waals surface area (Å²) in [5, 5.41) is 7.48. The van der Waals surface area contributed by atoms with E-state index in [4.69, 9.17) is 5.73 Å². The zero-order chi connectivity index (χ0) is 14.6. The number of rotatable bonds is 6. The Morgan fingerprint density at radius 1 is 1.40 bits per heavy atom. The van der Waals surface area contributed by atoms with E-state index in [-0.39, 0.29) is 10.6 Å². The predicted molar refractivity (Wildman–Crippen MR) is 75.4 cm³/mol. The molecule has 0 radical (unpaired) electrons. The first kappa shape index (κ1) is 14.5. The quantitative estimate of drug-likeness (QED) is 0.598. The molecule has 0 aliphatic carbocycles. The number of nitrogens with one attached hydrogen (secondary N) is 1. The van der Waals surface area contributed by atoms with Crippen LogP contribution in [0.5, 0.6) is 0 Å². The molecule has 1 heterocycles. The average Bonchev–Trinajstić information content (AvgIpc) is 2.87. The molecule has 1 aromatic carbocycles. The van der Waals surface area contributed by atoms with Crippen molar-refractivity contribution in [3.8, 4) is 0 Å². The second-order valence-corrected chi connectivity index (χ2v) is 6.11. The second kappa shape index (κ2) is 6.02. The Morgan fingerprint density at radius 3 is 2.85 bits per heavy atom. The molecule has 0 fully saturated rings. The van der Waals surface area contributed by atoms with Gasteiger partial charge in [-0.2, -0.15) is 0 Å². The Labute approximate surface area is 117 Å². The lowest BCUT2D eigenvalue weighted by Crippen LogP contribution is -2.27. The molecule has 0 unspecified atom stereocenters. The highest BCUT2D eigenvalue weighted by Gasteiger charge is 2.18. The van der Waals surface area contributed by atoms with Crippen LogP contribution < -0.4 is 10.5 Å². The van der Waals surface area contributed by atoms with Crippen molar-refractivity contribution in [2.75, 3.05) is 12.3 Å². The Balaban J connectivity index is 1.97. The lowest BCUT2D eigenvalue weighted by atomic mass is 10.2. The molecule has 0 aliphatic rings. The molecular formula is C12H17N5O2S. The highest BCUT2D eigenvalue weighted by atomic mass is 32.2. The summed E-state index contributed by atoms with van der Waals surface area (Å²) in [5.41, 5.74) is 6.64. The SMILES string of the molecule is Cc1cccc(N)c1S(=O)(=O)NCCCn1ccnn1. The van der Waals surface area contributed by atoms with Crippen molar-refractivity contribution in [1.82, 2.24) is 19.7 Å². The molecule has 0 spiro atoms. The van der Waals surface area contributed by atoms with E-state index in [1.165, 1.54) is 0 Å². The number of nitrogens with zero attached hydrogens (tertiary/aromatic N) is 3. The maximum Gasteiger partial charge on any atom is 0.242 e. The third-order valence-corrected chi connectivity index (χ3v) is 4.52. The molecule has 20 heavy (non-hydrogen) atoms. The molecule has 2 rings (SSSR count). The summed E-state index contributed by atoms with van der Waals surface area (Å²) < 4.78 is 28.6. The highest BCUT2D eigenvalue weighted by molar-refractivity contribution is 7.89. The van der Waals surface area contributed by atoms with Gasteiger partial charge in [0.1, 0.15) is 4.90 Å². The summed E-state index contributed by atoms with van der Waals surface area (Å²) >= 11 is 0. The Bertz CT molecular complexity index is 647. The zero-order valence-electron chi connectivity index (χ0n) is 11.2. The number of nitrogen functional groups attached to an aromatic ring is 1. The third kappa shape index (κ3) is 3.34. The van der Waals surface area contributed by atoms with Crippen molar-refractivity contribution in [2.45, 2.75) is 24.8 Å². The van der Waals surface area contributed by atoms with E-state index >= 15 is 0 Å². The molecule has 2 aromatic rings. The van der Waals surface area contributed by atoms with E-state index in [0.717, 1.165) is 0 Å². The van der Waals surface area contributed by atoms with Gasteiger partial charge in [-0.1, -0.05) is 17.3 Å². The minimum Gasteiger partial charge on any atom is -0.398 e. The molecule has 0 saturated heterocycles. The van der Waals surface area contributed by atoms with Gasteiger partial charge in [-0.25, -0.2) is 13.1 Å². The van der Waals surface area contributed by atoms with Gasteiger partial charge in [0.05, 0.1) is 11.9 Å². The van der Waals surface area contributed by atoms with Gasteiger partial charge in [-0.3, -0.25) is 4.68 Å². The lowest BCUT2D eigenvalue weighted by molar-refractivity contribution is 0.542. The van der Waals surface area contributed by atoms with Gasteiger partial charge in [-0.05, 0) is 25.0 Å². The topological polar surface area (TPSA) is 103 Å². The smallest absolute Gasteiger partial charge is 0.242 e. The van der Waals surface area contributed by atoms with Crippen LogP contribution in [0.4, 0.5) is 5.69 Å². The first-order chi connectivity index (χ1) is 9.50. The maximum absolute atomic E-state index is 12.2. The number of sulfonamides is 1. The molecular weight excluding hydrogens is 278 g/mol. The van der Waals surface area contributed by atoms with Crippen molar-refractivity contribution in [1.29, 1.82) is 0 Å². The third-order valence-electron chi connectivity index (χ3n) is 2.84. The highest BCUT2D eigenvalue weighted by Crippen LogP contribution is 2.21. The van der Waals surface area contributed by atoms with E-state index in [2.05, 4.69) is 15.0 Å². The molecule has 7 nitrogen and oxygen atoms in total. The van der Waals surface area contributed by atoms with Crippen LogP contribution in [0.2, 0.25) is 0 Å². The Kier molecular flexibility index (Phi) is 4.35. The predicted octanol–water partition coefficient (Wildman–Crippen LogP) is 0.537. The first-order valence-electron chi connectivity index (χ1n) is 6.19. The van der Waals surface area contributed by atoms with Gasteiger partial charge in [-0.15, -0.1) is 5.10 Å². The fraction of sp³-hybridized carbons (Fsp3) is 0.333. The zero-order valence-corrected chi connectivity index (χ0v) is 12.0. The molecule has 0 aliphatic heterocycles. The number of anilines is 1. The first-order valence-corrected chi connectivity index (χ1v) is 7.68. The van der Waals surface area contributed by atoms with Crippen LogP contribution in [-0.4, -0.2) is 30.0 Å². The van der Waals surface area contributed by atoms with E-state index in [1.807, 2.05) is 0 Å². The minimum atomic E-state index is -3.58. The van der Waals surface area contributed by atoms with Crippen LogP contribution in [0.1, 0.15) is 12.0 Å². The second-order valence-electron chi connectivity index (χ2n) is 4.41. The van der Waals surface area contributed by atoms with Gasteiger partial charge in [0.2, 0.25) is 10.0 Å². The van der Waals surface area contributed by atoms with E-state index < -0.39 is 10.0 Å². The van der Waals surface area contributed by atoms with Crippen LogP contribution in [0.15, 0.2) is 35.5 Å². The van der Waals surface area contributed by atoms with Crippen molar-refractivity contribution in [3.05, 3.63) is 36.2 Å². The molecule has 3 N–H and O–H groups in total. The summed E-state index contributed by atoms with van der Waals surface area (Å²) in [7, 11) is -3.58. The number of hydrogen-bond donors (Lipinski definition) is 2. The Hall–Kier alpha value is -1.93. The van der Waals surface area contributed by atoms with Crippen LogP contribution in [-0.2, 0) is 16.6 Å². The van der Waals surface area contributed by atoms with Crippen LogP contribution in [0.25, 0.3) is 0 Å². The number of aryl methyl sites for hydroxylation is 2. The molecule has 0 amide bonds. The van der Waals surface area contributed by atoms with Crippen LogP contribution >= 0.6 is 0 Å². The van der Waals surface area contributed by atoms with Crippen LogP contribution in [0, 0.1) is 6.92 Å². The van der Waals surface area contributed by atoms with E-state index in [1.54, 1.807) is 42.2 Å². The summed E-state index contributed by atoms with van der Waals surface area (Å²) in [6.07, 6.45) is 3.93. The fourth-order valence-electron chi connectivity index (χ4n) is 1.91. The van der Waals surface area contributed by atoms with E-state index in [0.29, 0.717) is 25.1 Å². The number of aromatic nitrogens is 3. The number of benzene rings is 1. The molecule has 1 aromatic heterocycles. The van der Waals surface area contributed by atoms with Gasteiger partial charge in [0.15, 0.2) is 0 Å². The summed E-state index contributed by atoms with van der Waals surface area (Å²) in [6.45, 7) is 2.64. The van der Waals surface area contributed by atoms with Gasteiger partial charge >= 0.3 is 0 Å². The molecule has 8 heteroatoms. The standard InChI is InChI=1S/C12H17N5O2S/c1-10-4-2-5-11(13)12(10)20(18,19)15-6-3-8-17-9-7-14-16-17/h2,4-5,7,9,15H,3,6,8,13H2,1H3. The van der Waals surface area contributed by atoms with Crippen molar-refractivity contribution >= 4 is 15.7 Å². The van der Waals surface area contributed by atoms with Crippen molar-refractivity contribution < 1.29 is 8.42 Å². The summed E-state index contributed by atoms with van der Waals surface area (Å²) in [4.78, 5) is 0.153.